The lowest BCUT2D eigenvalue weighted by Gasteiger charge is -2.12. The third kappa shape index (κ3) is 6.00. The van der Waals surface area contributed by atoms with Crippen molar-refractivity contribution in [3.8, 4) is 22.7 Å². The minimum absolute atomic E-state index is 0.0475. The van der Waals surface area contributed by atoms with Crippen LogP contribution in [0.15, 0.2) is 36.7 Å². The Morgan fingerprint density at radius 1 is 1.13 bits per heavy atom. The average Bonchev–Trinajstić information content (AvgIpc) is 3.39. The van der Waals surface area contributed by atoms with Crippen LogP contribution >= 0.6 is 0 Å². The van der Waals surface area contributed by atoms with E-state index in [2.05, 4.69) is 30.4 Å². The predicted molar refractivity (Wildman–Crippen MR) is 115 cm³/mol. The van der Waals surface area contributed by atoms with E-state index in [1.807, 2.05) is 0 Å². The minimum atomic E-state index is -4.83. The molecular formula is C22H17F7N6O3. The second kappa shape index (κ2) is 9.90. The number of nitrogens with one attached hydrogen (secondary N) is 2. The summed E-state index contributed by atoms with van der Waals surface area (Å²) in [7, 11) is 0. The second-order valence-electron chi connectivity index (χ2n) is 8.30. The van der Waals surface area contributed by atoms with E-state index in [0.29, 0.717) is 6.07 Å². The molecule has 1 aromatic carbocycles. The summed E-state index contributed by atoms with van der Waals surface area (Å²) in [5.74, 6) is -5.36. The summed E-state index contributed by atoms with van der Waals surface area (Å²) in [5.41, 5.74) is -0.267. The molecule has 3 heterocycles. The monoisotopic (exact) mass is 546 g/mol. The second-order valence-corrected chi connectivity index (χ2v) is 8.30. The molecule has 1 aliphatic heterocycles. The smallest absolute Gasteiger partial charge is 0.451 e. The molecule has 1 saturated heterocycles. The van der Waals surface area contributed by atoms with Gasteiger partial charge in [0.1, 0.15) is 17.3 Å². The van der Waals surface area contributed by atoms with Crippen molar-refractivity contribution >= 4 is 17.6 Å². The molecule has 38 heavy (non-hydrogen) atoms. The lowest BCUT2D eigenvalue weighted by Crippen LogP contribution is -2.28. The molecule has 9 nitrogen and oxygen atoms in total. The highest BCUT2D eigenvalue weighted by Crippen LogP contribution is 2.32. The van der Waals surface area contributed by atoms with Crippen LogP contribution in [-0.4, -0.2) is 50.9 Å². The Bertz CT molecular complexity index is 1350. The average molecular weight is 546 g/mol. The van der Waals surface area contributed by atoms with Crippen molar-refractivity contribution < 1.29 is 45.1 Å². The third-order valence-electron chi connectivity index (χ3n) is 5.52. The number of nitrogens with zero attached hydrogens (tertiary/aromatic N) is 4. The van der Waals surface area contributed by atoms with E-state index in [9.17, 15) is 40.3 Å². The summed E-state index contributed by atoms with van der Waals surface area (Å²) in [6, 6.07) is 3.91. The summed E-state index contributed by atoms with van der Waals surface area (Å²) in [6.45, 7) is -0.0865. The molecule has 1 aliphatic rings. The number of amides is 2. The molecule has 2 atom stereocenters. The van der Waals surface area contributed by atoms with Gasteiger partial charge in [0.05, 0.1) is 24.0 Å². The zero-order valence-electron chi connectivity index (χ0n) is 19.2. The van der Waals surface area contributed by atoms with E-state index in [0.717, 1.165) is 29.2 Å². The number of hydrogen-bond acceptors (Lipinski definition) is 6. The van der Waals surface area contributed by atoms with Gasteiger partial charge in [-0.1, -0.05) is 6.92 Å². The number of anilines is 1. The number of halogens is 7. The zero-order chi connectivity index (χ0) is 27.8. The van der Waals surface area contributed by atoms with Gasteiger partial charge in [0.15, 0.2) is 12.4 Å². The number of benzene rings is 1. The van der Waals surface area contributed by atoms with Crippen LogP contribution in [0, 0.1) is 17.7 Å². The number of rotatable bonds is 6. The first kappa shape index (κ1) is 26.8. The van der Waals surface area contributed by atoms with Crippen LogP contribution in [0.25, 0.3) is 16.9 Å². The molecule has 0 aliphatic carbocycles. The summed E-state index contributed by atoms with van der Waals surface area (Å²) in [5, 5.41) is 9.15. The van der Waals surface area contributed by atoms with Crippen LogP contribution in [0.3, 0.4) is 0 Å². The van der Waals surface area contributed by atoms with Crippen molar-refractivity contribution in [2.45, 2.75) is 19.3 Å². The van der Waals surface area contributed by atoms with Crippen molar-refractivity contribution in [1.29, 1.82) is 0 Å². The van der Waals surface area contributed by atoms with Gasteiger partial charge in [0, 0.05) is 30.2 Å². The van der Waals surface area contributed by atoms with Crippen LogP contribution < -0.4 is 15.4 Å². The summed E-state index contributed by atoms with van der Waals surface area (Å²) >= 11 is 0. The fraction of sp³-hybridized carbons (Fsp3) is 0.318. The van der Waals surface area contributed by atoms with Gasteiger partial charge in [-0.05, 0) is 12.1 Å². The van der Waals surface area contributed by atoms with Gasteiger partial charge >= 0.3 is 12.4 Å². The zero-order valence-corrected chi connectivity index (χ0v) is 19.2. The molecule has 4 rings (SSSR count). The largest absolute Gasteiger partial charge is 0.484 e. The molecule has 0 radical (unpaired) electrons. The molecule has 2 amide bonds. The molecule has 16 heteroatoms. The quantitative estimate of drug-likeness (QED) is 0.456. The van der Waals surface area contributed by atoms with E-state index in [1.165, 1.54) is 6.07 Å². The molecule has 2 aromatic heterocycles. The molecule has 2 N–H and O–H groups in total. The number of hydrogen-bond donors (Lipinski definition) is 2. The maximum absolute atomic E-state index is 14.3. The van der Waals surface area contributed by atoms with Crippen molar-refractivity contribution in [3.63, 3.8) is 0 Å². The standard InChI is InChI=1S/C22H17F7N6O3/c1-10-15(8-30-18(10)36)19(37)33-17-5-16(11-2-12(23)4-14(3-11)38-9-21(24,25)26)35(34-17)13-6-31-20(32-7-13)22(27,28)29/h2-7,10,15H,8-9H2,1H3,(H,30,36)(H,33,34,37)/t10-,15+/m1/s1. The SMILES string of the molecule is C[C@H]1C(=O)NC[C@@H]1C(=O)Nc1cc(-c2cc(F)cc(OCC(F)(F)F)c2)n(-c2cnc(C(F)(F)F)nc2)n1. The summed E-state index contributed by atoms with van der Waals surface area (Å²) < 4.78 is 96.4. The van der Waals surface area contributed by atoms with Gasteiger partial charge in [-0.15, -0.1) is 5.10 Å². The molecule has 0 spiro atoms. The molecular weight excluding hydrogens is 529 g/mol. The van der Waals surface area contributed by atoms with E-state index in [-0.39, 0.29) is 35.2 Å². The first-order chi connectivity index (χ1) is 17.7. The van der Waals surface area contributed by atoms with Crippen LogP contribution in [0.1, 0.15) is 12.7 Å². The van der Waals surface area contributed by atoms with Gasteiger partial charge in [-0.3, -0.25) is 9.59 Å². The number of aromatic nitrogens is 4. The lowest BCUT2D eigenvalue weighted by molar-refractivity contribution is -0.153. The van der Waals surface area contributed by atoms with Crippen molar-refractivity contribution in [1.82, 2.24) is 25.1 Å². The van der Waals surface area contributed by atoms with Gasteiger partial charge in [0.2, 0.25) is 17.6 Å². The Labute approximate surface area is 209 Å². The first-order valence-electron chi connectivity index (χ1n) is 10.8. The molecule has 0 unspecified atom stereocenters. The number of ether oxygens (including phenoxy) is 1. The molecule has 202 valence electrons. The van der Waals surface area contributed by atoms with E-state index >= 15 is 0 Å². The van der Waals surface area contributed by atoms with Gasteiger partial charge in [-0.25, -0.2) is 19.0 Å². The van der Waals surface area contributed by atoms with Gasteiger partial charge in [-0.2, -0.15) is 26.3 Å². The van der Waals surface area contributed by atoms with Crippen molar-refractivity contribution in [3.05, 3.63) is 48.3 Å². The third-order valence-corrected chi connectivity index (χ3v) is 5.52. The van der Waals surface area contributed by atoms with E-state index in [4.69, 9.17) is 0 Å². The molecule has 0 bridgehead atoms. The van der Waals surface area contributed by atoms with Crippen molar-refractivity contribution in [2.24, 2.45) is 11.8 Å². The maximum atomic E-state index is 14.3. The first-order valence-corrected chi connectivity index (χ1v) is 10.8. The summed E-state index contributed by atoms with van der Waals surface area (Å²) in [6.07, 6.45) is -7.97. The fourth-order valence-corrected chi connectivity index (χ4v) is 3.65. The molecule has 1 fully saturated rings. The van der Waals surface area contributed by atoms with E-state index < -0.39 is 54.1 Å². The number of carbonyl (C=O) groups is 2. The Morgan fingerprint density at radius 2 is 1.82 bits per heavy atom. The number of alkyl halides is 6. The Morgan fingerprint density at radius 3 is 2.39 bits per heavy atom. The van der Waals surface area contributed by atoms with Gasteiger partial charge < -0.3 is 15.4 Å². The highest BCUT2D eigenvalue weighted by molar-refractivity contribution is 5.98. The van der Waals surface area contributed by atoms with Crippen LogP contribution in [-0.2, 0) is 15.8 Å². The Kier molecular flexibility index (Phi) is 6.99. The topological polar surface area (TPSA) is 111 Å². The molecule has 0 saturated carbocycles. The summed E-state index contributed by atoms with van der Waals surface area (Å²) in [4.78, 5) is 30.9. The highest BCUT2D eigenvalue weighted by atomic mass is 19.4. The van der Waals surface area contributed by atoms with Crippen LogP contribution in [0.2, 0.25) is 0 Å². The number of carbonyl (C=O) groups excluding carboxylic acids is 2. The minimum Gasteiger partial charge on any atom is -0.484 e. The maximum Gasteiger partial charge on any atom is 0.451 e. The lowest BCUT2D eigenvalue weighted by atomic mass is 9.97. The van der Waals surface area contributed by atoms with Gasteiger partial charge in [0.25, 0.3) is 0 Å². The molecule has 3 aromatic rings. The van der Waals surface area contributed by atoms with Crippen LogP contribution in [0.4, 0.5) is 36.6 Å². The Balaban J connectivity index is 1.73. The Hall–Kier alpha value is -4.24. The normalized spacial score (nSPS) is 17.8. The predicted octanol–water partition coefficient (Wildman–Crippen LogP) is 3.75. The fourth-order valence-electron chi connectivity index (χ4n) is 3.65. The highest BCUT2D eigenvalue weighted by Gasteiger charge is 2.37. The van der Waals surface area contributed by atoms with Crippen LogP contribution in [0.5, 0.6) is 5.75 Å². The van der Waals surface area contributed by atoms with E-state index in [1.54, 1.807) is 6.92 Å². The van der Waals surface area contributed by atoms with Crippen molar-refractivity contribution in [2.75, 3.05) is 18.5 Å².